The van der Waals surface area contributed by atoms with E-state index in [9.17, 15) is 0 Å². The summed E-state index contributed by atoms with van der Waals surface area (Å²) in [5.41, 5.74) is 2.47. The average Bonchev–Trinajstić information content (AvgIpc) is 3.60. The number of aromatic nitrogens is 2. The summed E-state index contributed by atoms with van der Waals surface area (Å²) >= 11 is 0. The van der Waals surface area contributed by atoms with Crippen LogP contribution >= 0.6 is 0 Å². The maximum atomic E-state index is 3.35. The van der Waals surface area contributed by atoms with Gasteiger partial charge in [0.1, 0.15) is 0 Å². The monoisotopic (exact) mass is 434 g/mol. The van der Waals surface area contributed by atoms with Crippen LogP contribution in [0.4, 0.5) is 0 Å². The summed E-state index contributed by atoms with van der Waals surface area (Å²) in [5.74, 6) is 0. The lowest BCUT2D eigenvalue weighted by Gasteiger charge is -2.06. The number of benzene rings is 6. The fraction of sp³-hybridized carbons (Fsp3) is 0. The van der Waals surface area contributed by atoms with Crippen molar-refractivity contribution in [3.05, 3.63) is 122 Å². The molecule has 2 N–H and O–H groups in total. The molecule has 0 aliphatic carbocycles. The fourth-order valence-electron chi connectivity index (χ4n) is 5.41. The average molecular weight is 435 g/mol. The van der Waals surface area contributed by atoms with E-state index in [0.29, 0.717) is 0 Å². The molecule has 0 saturated carbocycles. The van der Waals surface area contributed by atoms with Gasteiger partial charge in [-0.05, 0) is 44.5 Å². The van der Waals surface area contributed by atoms with Crippen LogP contribution in [-0.4, -0.2) is 9.97 Å². The zero-order valence-corrected chi connectivity index (χ0v) is 18.5. The predicted octanol–water partition coefficient (Wildman–Crippen LogP) is 8.95. The Kier molecular flexibility index (Phi) is 4.18. The Balaban J connectivity index is 0.000000118. The van der Waals surface area contributed by atoms with Crippen molar-refractivity contribution in [2.75, 3.05) is 0 Å². The molecule has 8 rings (SSSR count). The highest BCUT2D eigenvalue weighted by Crippen LogP contribution is 2.35. The summed E-state index contributed by atoms with van der Waals surface area (Å²) < 4.78 is 0. The number of fused-ring (bicyclic) bond motifs is 12. The van der Waals surface area contributed by atoms with Crippen LogP contribution in [0.3, 0.4) is 0 Å². The molecule has 0 bridgehead atoms. The van der Waals surface area contributed by atoms with E-state index in [1.165, 1.54) is 64.9 Å². The summed E-state index contributed by atoms with van der Waals surface area (Å²) in [6.07, 6.45) is 4.03. The summed E-state index contributed by atoms with van der Waals surface area (Å²) in [6.45, 7) is 0. The minimum atomic E-state index is 1.24. The molecule has 160 valence electrons. The van der Waals surface area contributed by atoms with Gasteiger partial charge in [-0.3, -0.25) is 0 Å². The molecule has 2 nitrogen and oxygen atoms in total. The molecule has 0 saturated heterocycles. The highest BCUT2D eigenvalue weighted by molar-refractivity contribution is 6.25. The summed E-state index contributed by atoms with van der Waals surface area (Å²) in [5, 5.41) is 13.1. The predicted molar refractivity (Wildman–Crippen MR) is 147 cm³/mol. The molecule has 0 spiro atoms. The van der Waals surface area contributed by atoms with Crippen molar-refractivity contribution in [1.82, 2.24) is 9.97 Å². The number of hydrogen-bond acceptors (Lipinski definition) is 0. The molecule has 6 aromatic carbocycles. The summed E-state index contributed by atoms with van der Waals surface area (Å²) in [6, 6.07) is 38.6. The Morgan fingerprint density at radius 2 is 0.500 bits per heavy atom. The lowest BCUT2D eigenvalue weighted by atomic mass is 9.98. The van der Waals surface area contributed by atoms with Crippen LogP contribution in [0.5, 0.6) is 0 Å². The third kappa shape index (κ3) is 2.76. The Morgan fingerprint density at radius 3 is 0.824 bits per heavy atom. The topological polar surface area (TPSA) is 31.6 Å². The van der Waals surface area contributed by atoms with Gasteiger partial charge in [-0.1, -0.05) is 97.1 Å². The van der Waals surface area contributed by atoms with Crippen molar-refractivity contribution in [3.63, 3.8) is 0 Å². The van der Waals surface area contributed by atoms with Gasteiger partial charge in [0.2, 0.25) is 0 Å². The maximum absolute atomic E-state index is 3.35. The van der Waals surface area contributed by atoms with Crippen LogP contribution < -0.4 is 0 Å². The van der Waals surface area contributed by atoms with Crippen LogP contribution in [-0.2, 0) is 0 Å². The second-order valence-electron chi connectivity index (χ2n) is 8.72. The first-order chi connectivity index (χ1) is 16.9. The first-order valence-corrected chi connectivity index (χ1v) is 11.6. The van der Waals surface area contributed by atoms with Crippen molar-refractivity contribution in [2.45, 2.75) is 0 Å². The third-order valence-corrected chi connectivity index (χ3v) is 6.90. The van der Waals surface area contributed by atoms with Gasteiger partial charge in [-0.25, -0.2) is 0 Å². The highest BCUT2D eigenvalue weighted by atomic mass is 14.7. The molecule has 2 heteroatoms. The van der Waals surface area contributed by atoms with Crippen molar-refractivity contribution < 1.29 is 0 Å². The Hall–Kier alpha value is -4.56. The van der Waals surface area contributed by atoms with Crippen molar-refractivity contribution in [1.29, 1.82) is 0 Å². The van der Waals surface area contributed by atoms with Gasteiger partial charge in [0, 0.05) is 33.9 Å². The summed E-state index contributed by atoms with van der Waals surface area (Å²) in [4.78, 5) is 6.71. The van der Waals surface area contributed by atoms with E-state index in [0.717, 1.165) is 0 Å². The van der Waals surface area contributed by atoms with Crippen molar-refractivity contribution in [3.8, 4) is 0 Å². The van der Waals surface area contributed by atoms with Crippen LogP contribution in [0.15, 0.2) is 122 Å². The van der Waals surface area contributed by atoms with E-state index < -0.39 is 0 Å². The molecule has 0 aliphatic rings. The fourth-order valence-corrected chi connectivity index (χ4v) is 5.41. The van der Waals surface area contributed by atoms with Gasteiger partial charge in [-0.2, -0.15) is 0 Å². The van der Waals surface area contributed by atoms with Gasteiger partial charge >= 0.3 is 0 Å². The third-order valence-electron chi connectivity index (χ3n) is 6.90. The molecule has 0 radical (unpaired) electrons. The number of H-pyrrole nitrogens is 2. The van der Waals surface area contributed by atoms with Gasteiger partial charge in [0.15, 0.2) is 0 Å². The number of rotatable bonds is 0. The lowest BCUT2D eigenvalue weighted by Crippen LogP contribution is -1.80. The van der Waals surface area contributed by atoms with E-state index >= 15 is 0 Å². The van der Waals surface area contributed by atoms with Crippen LogP contribution in [0, 0.1) is 0 Å². The molecule has 34 heavy (non-hydrogen) atoms. The van der Waals surface area contributed by atoms with Gasteiger partial charge in [0.25, 0.3) is 0 Å². The van der Waals surface area contributed by atoms with Gasteiger partial charge in [0.05, 0.1) is 11.0 Å². The smallest absolute Gasteiger partial charge is 0.0540 e. The lowest BCUT2D eigenvalue weighted by molar-refractivity contribution is 1.49. The zero-order chi connectivity index (χ0) is 22.5. The number of aromatic amines is 2. The molecule has 8 aromatic rings. The van der Waals surface area contributed by atoms with E-state index in [2.05, 4.69) is 119 Å². The molecule has 0 aliphatic heterocycles. The first kappa shape index (κ1) is 19.0. The van der Waals surface area contributed by atoms with Crippen LogP contribution in [0.25, 0.3) is 64.9 Å². The van der Waals surface area contributed by atoms with E-state index in [1.54, 1.807) is 0 Å². The Bertz CT molecular complexity index is 1690. The van der Waals surface area contributed by atoms with Gasteiger partial charge in [-0.15, -0.1) is 0 Å². The molecule has 0 fully saturated rings. The minimum absolute atomic E-state index is 1.24. The Morgan fingerprint density at radius 1 is 0.265 bits per heavy atom. The maximum Gasteiger partial charge on any atom is 0.0540 e. The highest BCUT2D eigenvalue weighted by Gasteiger charge is 2.08. The normalized spacial score (nSPS) is 11.5. The second-order valence-corrected chi connectivity index (χ2v) is 8.72. The van der Waals surface area contributed by atoms with Gasteiger partial charge < -0.3 is 9.97 Å². The van der Waals surface area contributed by atoms with Crippen LogP contribution in [0.2, 0.25) is 0 Å². The largest absolute Gasteiger partial charge is 0.361 e. The van der Waals surface area contributed by atoms with E-state index in [1.807, 2.05) is 12.4 Å². The van der Waals surface area contributed by atoms with Crippen molar-refractivity contribution in [2.24, 2.45) is 0 Å². The zero-order valence-electron chi connectivity index (χ0n) is 18.5. The first-order valence-electron chi connectivity index (χ1n) is 11.6. The minimum Gasteiger partial charge on any atom is -0.361 e. The summed E-state index contributed by atoms with van der Waals surface area (Å²) in [7, 11) is 0. The molecule has 0 atom stereocenters. The second kappa shape index (κ2) is 7.50. The molecule has 2 heterocycles. The van der Waals surface area contributed by atoms with E-state index in [-0.39, 0.29) is 0 Å². The standard InChI is InChI=1S/2C16H11N/c2*1-2-7-13-11(5-1)12-6-3-4-8-14(12)16-15(13)9-10-17-16/h2*1-10,17H. The molecule has 2 aromatic heterocycles. The Labute approximate surface area is 196 Å². The molecule has 0 amide bonds. The van der Waals surface area contributed by atoms with E-state index in [4.69, 9.17) is 0 Å². The number of hydrogen-bond donors (Lipinski definition) is 2. The quantitative estimate of drug-likeness (QED) is 0.223. The van der Waals surface area contributed by atoms with Crippen molar-refractivity contribution >= 4 is 64.9 Å². The molecular formula is C32H22N2. The SMILES string of the molecule is c1ccc2c(c1)c1ccccc1c1[nH]ccc21.c1ccc2c(c1)c1ccccc1c1[nH]ccc21. The molecule has 0 unspecified atom stereocenters. The van der Waals surface area contributed by atoms with Crippen LogP contribution in [0.1, 0.15) is 0 Å². The molecular weight excluding hydrogens is 412 g/mol. The number of nitrogens with one attached hydrogen (secondary N) is 2.